The molecule has 0 saturated carbocycles. The van der Waals surface area contributed by atoms with Crippen molar-refractivity contribution in [2.24, 2.45) is 10.4 Å². The highest BCUT2D eigenvalue weighted by Gasteiger charge is 2.33. The largest absolute Gasteiger partial charge is 0.380 e. The number of thiophene rings is 1. The molecule has 1 aromatic rings. The van der Waals surface area contributed by atoms with Crippen LogP contribution in [0.15, 0.2) is 22.5 Å². The third kappa shape index (κ3) is 5.78. The van der Waals surface area contributed by atoms with Crippen LogP contribution in [0.25, 0.3) is 0 Å². The van der Waals surface area contributed by atoms with Crippen LogP contribution in [0.2, 0.25) is 0 Å². The lowest BCUT2D eigenvalue weighted by atomic mass is 9.89. The average Bonchev–Trinajstić information content (AvgIpc) is 3.11. The Labute approximate surface area is 171 Å². The van der Waals surface area contributed by atoms with Crippen molar-refractivity contribution < 1.29 is 9.47 Å². The zero-order chi connectivity index (χ0) is 16.8. The number of hydrogen-bond donors (Lipinski definition) is 2. The van der Waals surface area contributed by atoms with E-state index in [2.05, 4.69) is 45.0 Å². The maximum absolute atomic E-state index is 5.50. The van der Waals surface area contributed by atoms with Crippen LogP contribution < -0.4 is 10.6 Å². The number of rotatable bonds is 6. The van der Waals surface area contributed by atoms with E-state index in [1.54, 1.807) is 0 Å². The highest BCUT2D eigenvalue weighted by Crippen LogP contribution is 2.26. The van der Waals surface area contributed by atoms with Crippen molar-refractivity contribution in [1.82, 2.24) is 15.5 Å². The van der Waals surface area contributed by atoms with Crippen LogP contribution in [0.1, 0.15) is 17.8 Å². The summed E-state index contributed by atoms with van der Waals surface area (Å²) in [6.07, 6.45) is 0. The van der Waals surface area contributed by atoms with Gasteiger partial charge in [0, 0.05) is 43.5 Å². The molecule has 0 amide bonds. The number of halogens is 1. The van der Waals surface area contributed by atoms with Crippen molar-refractivity contribution in [3.05, 3.63) is 22.4 Å². The smallest absolute Gasteiger partial charge is 0.191 e. The Bertz CT molecular complexity index is 531. The first kappa shape index (κ1) is 20.9. The molecule has 0 bridgehead atoms. The zero-order valence-electron chi connectivity index (χ0n) is 15.0. The van der Waals surface area contributed by atoms with Crippen molar-refractivity contribution in [1.29, 1.82) is 0 Å². The minimum absolute atomic E-state index is 0. The molecule has 0 spiro atoms. The zero-order valence-corrected chi connectivity index (χ0v) is 18.1. The molecule has 3 heterocycles. The van der Waals surface area contributed by atoms with Gasteiger partial charge in [0.1, 0.15) is 0 Å². The molecule has 0 radical (unpaired) electrons. The fraction of sp³-hybridized carbons (Fsp3) is 0.706. The average molecular weight is 480 g/mol. The van der Waals surface area contributed by atoms with Gasteiger partial charge >= 0.3 is 0 Å². The van der Waals surface area contributed by atoms with Crippen LogP contribution in [-0.4, -0.2) is 70.5 Å². The summed E-state index contributed by atoms with van der Waals surface area (Å²) in [5.41, 5.74) is 0.231. The Kier molecular flexibility index (Phi) is 8.40. The standard InChI is InChI=1S/C17H28N4O2S.HI/c1-17(12-23-13-17)11-20-16(18-2)19-10-14(15-4-3-9-24-15)21-5-7-22-8-6-21;/h3-4,9,14H,5-8,10-13H2,1-2H3,(H2,18,19,20);1H. The third-order valence-corrected chi connectivity index (χ3v) is 5.60. The molecule has 25 heavy (non-hydrogen) atoms. The second-order valence-corrected chi connectivity index (χ2v) is 7.77. The topological polar surface area (TPSA) is 58.1 Å². The van der Waals surface area contributed by atoms with E-state index in [1.807, 2.05) is 18.4 Å². The first-order valence-electron chi connectivity index (χ1n) is 8.58. The molecule has 2 N–H and O–H groups in total. The molecule has 2 aliphatic rings. The summed E-state index contributed by atoms with van der Waals surface area (Å²) in [5, 5.41) is 9.08. The van der Waals surface area contributed by atoms with Gasteiger partial charge in [0.15, 0.2) is 5.96 Å². The predicted octanol–water partition coefficient (Wildman–Crippen LogP) is 1.94. The van der Waals surface area contributed by atoms with E-state index in [4.69, 9.17) is 9.47 Å². The molecule has 1 unspecified atom stereocenters. The molecule has 142 valence electrons. The lowest BCUT2D eigenvalue weighted by Gasteiger charge is -2.38. The maximum atomic E-state index is 5.50. The Morgan fingerprint density at radius 3 is 2.64 bits per heavy atom. The van der Waals surface area contributed by atoms with Crippen LogP contribution in [0.5, 0.6) is 0 Å². The van der Waals surface area contributed by atoms with Crippen LogP contribution in [0, 0.1) is 5.41 Å². The van der Waals surface area contributed by atoms with Gasteiger partial charge in [-0.05, 0) is 11.4 Å². The van der Waals surface area contributed by atoms with Crippen LogP contribution in [-0.2, 0) is 9.47 Å². The fourth-order valence-electron chi connectivity index (χ4n) is 3.04. The Hall–Kier alpha value is -0.420. The Balaban J connectivity index is 0.00000225. The second kappa shape index (κ2) is 10.1. The molecule has 2 saturated heterocycles. The van der Waals surface area contributed by atoms with Crippen LogP contribution in [0.4, 0.5) is 0 Å². The van der Waals surface area contributed by atoms with Crippen LogP contribution >= 0.6 is 35.3 Å². The van der Waals surface area contributed by atoms with E-state index < -0.39 is 0 Å². The molecule has 0 aliphatic carbocycles. The van der Waals surface area contributed by atoms with Crippen molar-refractivity contribution in [2.75, 3.05) is 59.7 Å². The summed E-state index contributed by atoms with van der Waals surface area (Å²) in [6.45, 7) is 9.18. The van der Waals surface area contributed by atoms with Gasteiger partial charge in [0.05, 0.1) is 32.5 Å². The molecule has 8 heteroatoms. The molecule has 1 aromatic heterocycles. The highest BCUT2D eigenvalue weighted by atomic mass is 127. The number of nitrogens with one attached hydrogen (secondary N) is 2. The molecular formula is C17H29IN4O2S. The molecule has 1 atom stereocenters. The molecular weight excluding hydrogens is 451 g/mol. The number of hydrogen-bond acceptors (Lipinski definition) is 5. The molecule has 0 aromatic carbocycles. The first-order valence-corrected chi connectivity index (χ1v) is 9.46. The van der Waals surface area contributed by atoms with Gasteiger partial charge in [-0.3, -0.25) is 9.89 Å². The van der Waals surface area contributed by atoms with Crippen molar-refractivity contribution in [3.8, 4) is 0 Å². The van der Waals surface area contributed by atoms with Crippen molar-refractivity contribution in [2.45, 2.75) is 13.0 Å². The van der Waals surface area contributed by atoms with Gasteiger partial charge in [-0.25, -0.2) is 0 Å². The summed E-state index contributed by atoms with van der Waals surface area (Å²) >= 11 is 1.82. The van der Waals surface area contributed by atoms with Gasteiger partial charge in [0.25, 0.3) is 0 Å². The van der Waals surface area contributed by atoms with E-state index in [1.165, 1.54) is 4.88 Å². The summed E-state index contributed by atoms with van der Waals surface area (Å²) in [4.78, 5) is 8.25. The number of aliphatic imine (C=N–C) groups is 1. The summed E-state index contributed by atoms with van der Waals surface area (Å²) in [6, 6.07) is 4.70. The molecule has 2 fully saturated rings. The SMILES string of the molecule is CN=C(NCC(c1cccs1)N1CCOCC1)NCC1(C)COC1.I. The van der Waals surface area contributed by atoms with E-state index in [9.17, 15) is 0 Å². The number of morpholine rings is 1. The minimum atomic E-state index is 0. The first-order chi connectivity index (χ1) is 11.7. The van der Waals surface area contributed by atoms with Gasteiger partial charge in [0.2, 0.25) is 0 Å². The lowest BCUT2D eigenvalue weighted by Crippen LogP contribution is -2.52. The highest BCUT2D eigenvalue weighted by molar-refractivity contribution is 14.0. The second-order valence-electron chi connectivity index (χ2n) is 6.79. The third-order valence-electron chi connectivity index (χ3n) is 4.63. The summed E-state index contributed by atoms with van der Waals surface area (Å²) in [7, 11) is 1.82. The molecule has 6 nitrogen and oxygen atoms in total. The fourth-order valence-corrected chi connectivity index (χ4v) is 3.90. The number of guanidine groups is 1. The summed E-state index contributed by atoms with van der Waals surface area (Å²) < 4.78 is 10.8. The Morgan fingerprint density at radius 2 is 2.08 bits per heavy atom. The van der Waals surface area contributed by atoms with E-state index in [0.717, 1.165) is 58.6 Å². The van der Waals surface area contributed by atoms with Gasteiger partial charge in [-0.15, -0.1) is 35.3 Å². The number of nitrogens with zero attached hydrogens (tertiary/aromatic N) is 2. The van der Waals surface area contributed by atoms with Crippen LogP contribution in [0.3, 0.4) is 0 Å². The van der Waals surface area contributed by atoms with E-state index in [-0.39, 0.29) is 29.4 Å². The normalized spacial score (nSPS) is 21.8. The minimum Gasteiger partial charge on any atom is -0.380 e. The van der Waals surface area contributed by atoms with Crippen molar-refractivity contribution in [3.63, 3.8) is 0 Å². The van der Waals surface area contributed by atoms with Gasteiger partial charge in [-0.1, -0.05) is 13.0 Å². The predicted molar refractivity (Wildman–Crippen MR) is 113 cm³/mol. The lowest BCUT2D eigenvalue weighted by molar-refractivity contribution is -0.0971. The molecule has 2 aliphatic heterocycles. The van der Waals surface area contributed by atoms with E-state index in [0.29, 0.717) is 6.04 Å². The summed E-state index contributed by atoms with van der Waals surface area (Å²) in [5.74, 6) is 0.859. The van der Waals surface area contributed by atoms with Gasteiger partial charge in [-0.2, -0.15) is 0 Å². The Morgan fingerprint density at radius 1 is 1.32 bits per heavy atom. The van der Waals surface area contributed by atoms with E-state index >= 15 is 0 Å². The number of ether oxygens (including phenoxy) is 2. The van der Waals surface area contributed by atoms with Crippen molar-refractivity contribution >= 4 is 41.3 Å². The monoisotopic (exact) mass is 480 g/mol. The quantitative estimate of drug-likeness (QED) is 0.371. The maximum Gasteiger partial charge on any atom is 0.191 e. The van der Waals surface area contributed by atoms with Gasteiger partial charge < -0.3 is 20.1 Å². The molecule has 3 rings (SSSR count).